The van der Waals surface area contributed by atoms with Crippen molar-refractivity contribution in [1.82, 2.24) is 0 Å². The van der Waals surface area contributed by atoms with Crippen molar-refractivity contribution in [3.8, 4) is 0 Å². The third-order valence-electron chi connectivity index (χ3n) is 5.79. The minimum Gasteiger partial charge on any atom is -0.396 e. The first-order chi connectivity index (χ1) is 17.8. The standard InChI is InChI=1S/C14H30O.C12H26O.C4H8O.C3H8O.Ti/c1-2-3-4-5-6-7-8-9-10-11-12-13-14-15;1-2-3-4-5-6-7-8-9-10-11-12-13;1-4(2)3-5;1-3(2)4;/h15H,2-14H2,1H3;13H,2-12H2,1H3;5H,1,3H2,2H3;3-4H,1-2H3;. The first-order valence-corrected chi connectivity index (χ1v) is 16.0. The predicted octanol–water partition coefficient (Wildman–Crippen LogP) is 9.52. The number of aliphatic hydroxyl groups excluding tert-OH is 4. The zero-order chi connectivity index (χ0) is 28.8. The van der Waals surface area contributed by atoms with Crippen LogP contribution in [-0.2, 0) is 21.7 Å². The predicted molar refractivity (Wildman–Crippen MR) is 166 cm³/mol. The van der Waals surface area contributed by atoms with E-state index in [2.05, 4.69) is 20.4 Å². The Bertz CT molecular complexity index is 340. The van der Waals surface area contributed by atoms with Gasteiger partial charge in [0.1, 0.15) is 0 Å². The summed E-state index contributed by atoms with van der Waals surface area (Å²) in [6.07, 6.45) is 29.4. The molecule has 0 bridgehead atoms. The molecule has 0 aromatic carbocycles. The van der Waals surface area contributed by atoms with Gasteiger partial charge in [0.2, 0.25) is 0 Å². The maximum absolute atomic E-state index is 8.61. The molecule has 38 heavy (non-hydrogen) atoms. The molecule has 0 radical (unpaired) electrons. The second-order valence-electron chi connectivity index (χ2n) is 10.7. The second-order valence-corrected chi connectivity index (χ2v) is 10.7. The largest absolute Gasteiger partial charge is 0.396 e. The minimum absolute atomic E-state index is 0. The minimum atomic E-state index is -0.167. The van der Waals surface area contributed by atoms with Crippen LogP contribution in [-0.4, -0.2) is 46.4 Å². The molecule has 0 aliphatic carbocycles. The molecule has 0 aliphatic heterocycles. The van der Waals surface area contributed by atoms with E-state index in [0.717, 1.165) is 18.4 Å². The molecule has 0 spiro atoms. The molecule has 0 rings (SSSR count). The number of rotatable bonds is 23. The molecule has 0 saturated heterocycles. The number of aliphatic hydroxyl groups is 4. The van der Waals surface area contributed by atoms with E-state index in [1.54, 1.807) is 20.8 Å². The Balaban J connectivity index is -0.000000143. The van der Waals surface area contributed by atoms with Crippen LogP contribution in [0.3, 0.4) is 0 Å². The van der Waals surface area contributed by atoms with Gasteiger partial charge in [-0.25, -0.2) is 0 Å². The zero-order valence-corrected chi connectivity index (χ0v) is 28.3. The van der Waals surface area contributed by atoms with Gasteiger partial charge in [0, 0.05) is 41.0 Å². The Kier molecular flexibility index (Phi) is 63.4. The van der Waals surface area contributed by atoms with E-state index in [4.69, 9.17) is 20.4 Å². The van der Waals surface area contributed by atoms with Gasteiger partial charge in [-0.15, -0.1) is 0 Å². The van der Waals surface area contributed by atoms with E-state index in [1.165, 1.54) is 128 Å². The Morgan fingerprint density at radius 1 is 0.500 bits per heavy atom. The van der Waals surface area contributed by atoms with Gasteiger partial charge in [0.05, 0.1) is 6.61 Å². The van der Waals surface area contributed by atoms with Crippen LogP contribution in [0.1, 0.15) is 176 Å². The topological polar surface area (TPSA) is 80.9 Å². The van der Waals surface area contributed by atoms with Gasteiger partial charge < -0.3 is 20.4 Å². The van der Waals surface area contributed by atoms with E-state index < -0.39 is 0 Å². The van der Waals surface area contributed by atoms with Gasteiger partial charge in [0.15, 0.2) is 0 Å². The van der Waals surface area contributed by atoms with Gasteiger partial charge in [-0.2, -0.15) is 0 Å². The zero-order valence-electron chi connectivity index (χ0n) is 26.8. The average Bonchev–Trinajstić information content (AvgIpc) is 2.87. The molecular weight excluding hydrogens is 508 g/mol. The van der Waals surface area contributed by atoms with Gasteiger partial charge >= 0.3 is 0 Å². The molecule has 0 unspecified atom stereocenters. The first-order valence-electron chi connectivity index (χ1n) is 16.0. The molecule has 0 heterocycles. The molecule has 4 N–H and O–H groups in total. The molecule has 232 valence electrons. The van der Waals surface area contributed by atoms with Crippen LogP contribution in [0.4, 0.5) is 0 Å². The molecule has 0 aromatic heterocycles. The quantitative estimate of drug-likeness (QED) is 0.0551. The van der Waals surface area contributed by atoms with Gasteiger partial charge in [-0.05, 0) is 33.6 Å². The molecule has 4 nitrogen and oxygen atoms in total. The fraction of sp³-hybridized carbons (Fsp3) is 0.939. The van der Waals surface area contributed by atoms with Gasteiger partial charge in [-0.3, -0.25) is 0 Å². The third kappa shape index (κ3) is 76.6. The van der Waals surface area contributed by atoms with Gasteiger partial charge in [0.25, 0.3) is 0 Å². The molecule has 0 saturated carbocycles. The summed E-state index contributed by atoms with van der Waals surface area (Å²) in [7, 11) is 0. The van der Waals surface area contributed by atoms with E-state index in [0.29, 0.717) is 13.2 Å². The van der Waals surface area contributed by atoms with Crippen molar-refractivity contribution >= 4 is 0 Å². The molecule has 0 aliphatic rings. The SMILES string of the molecule is C=C(C)CO.CC(C)O.CCCCCCCCCCCCCCO.CCCCCCCCCCCCO.[Ti]. The molecule has 0 aromatic rings. The molecule has 0 amide bonds. The average molecular weight is 581 g/mol. The summed E-state index contributed by atoms with van der Waals surface area (Å²) >= 11 is 0. The summed E-state index contributed by atoms with van der Waals surface area (Å²) in [5.41, 5.74) is 0.810. The van der Waals surface area contributed by atoms with Crippen LogP contribution in [0.15, 0.2) is 12.2 Å². The van der Waals surface area contributed by atoms with E-state index >= 15 is 0 Å². The van der Waals surface area contributed by atoms with Crippen LogP contribution in [0, 0.1) is 0 Å². The summed E-state index contributed by atoms with van der Waals surface area (Å²) < 4.78 is 0. The van der Waals surface area contributed by atoms with Crippen molar-refractivity contribution in [3.63, 3.8) is 0 Å². The summed E-state index contributed by atoms with van der Waals surface area (Å²) in [4.78, 5) is 0. The van der Waals surface area contributed by atoms with Crippen molar-refractivity contribution in [3.05, 3.63) is 12.2 Å². The third-order valence-corrected chi connectivity index (χ3v) is 5.79. The van der Waals surface area contributed by atoms with Crippen molar-refractivity contribution < 1.29 is 42.1 Å². The van der Waals surface area contributed by atoms with Crippen molar-refractivity contribution in [2.24, 2.45) is 0 Å². The Labute approximate surface area is 255 Å². The number of unbranched alkanes of at least 4 members (excludes halogenated alkanes) is 20. The maximum atomic E-state index is 8.61. The van der Waals surface area contributed by atoms with Crippen molar-refractivity contribution in [2.45, 2.75) is 182 Å². The van der Waals surface area contributed by atoms with Crippen LogP contribution < -0.4 is 0 Å². The summed E-state index contributed by atoms with van der Waals surface area (Å²) in [5, 5.41) is 33.3. The molecule has 0 fully saturated rings. The number of hydrogen-bond donors (Lipinski definition) is 4. The Hall–Kier alpha value is 0.294. The van der Waals surface area contributed by atoms with E-state index in [-0.39, 0.29) is 34.4 Å². The van der Waals surface area contributed by atoms with E-state index in [9.17, 15) is 0 Å². The fourth-order valence-electron chi connectivity index (χ4n) is 3.55. The second kappa shape index (κ2) is 50.2. The maximum Gasteiger partial charge on any atom is 0.0636 e. The Morgan fingerprint density at radius 2 is 0.658 bits per heavy atom. The van der Waals surface area contributed by atoms with E-state index in [1.807, 2.05) is 0 Å². The number of hydrogen-bond acceptors (Lipinski definition) is 4. The smallest absolute Gasteiger partial charge is 0.0636 e. The monoisotopic (exact) mass is 580 g/mol. The molecule has 5 heteroatoms. The van der Waals surface area contributed by atoms with Crippen molar-refractivity contribution in [2.75, 3.05) is 19.8 Å². The van der Waals surface area contributed by atoms with Crippen LogP contribution in [0.2, 0.25) is 0 Å². The summed E-state index contributed by atoms with van der Waals surface area (Å²) in [5.74, 6) is 0. The summed E-state index contributed by atoms with van der Waals surface area (Å²) in [6, 6.07) is 0. The normalized spacial score (nSPS) is 9.84. The fourth-order valence-corrected chi connectivity index (χ4v) is 3.55. The van der Waals surface area contributed by atoms with Crippen LogP contribution in [0.25, 0.3) is 0 Å². The van der Waals surface area contributed by atoms with Crippen molar-refractivity contribution in [1.29, 1.82) is 0 Å². The summed E-state index contributed by atoms with van der Waals surface area (Å²) in [6.45, 7) is 14.0. The molecular formula is C33H72O4Ti. The van der Waals surface area contributed by atoms with Crippen LogP contribution >= 0.6 is 0 Å². The molecule has 0 atom stereocenters. The Morgan fingerprint density at radius 3 is 0.789 bits per heavy atom. The first kappa shape index (κ1) is 48.0. The van der Waals surface area contributed by atoms with Gasteiger partial charge in [-0.1, -0.05) is 154 Å². The van der Waals surface area contributed by atoms with Crippen LogP contribution in [0.5, 0.6) is 0 Å².